The highest BCUT2D eigenvalue weighted by molar-refractivity contribution is 6.14. The van der Waals surface area contributed by atoms with E-state index in [9.17, 15) is 9.59 Å². The highest BCUT2D eigenvalue weighted by atomic mass is 16.3. The maximum atomic E-state index is 13.5. The number of hydrogen-bond donors (Lipinski definition) is 1. The number of rotatable bonds is 5. The van der Waals surface area contributed by atoms with Gasteiger partial charge >= 0.3 is 0 Å². The van der Waals surface area contributed by atoms with E-state index < -0.39 is 0 Å². The Morgan fingerprint density at radius 1 is 0.853 bits per heavy atom. The first-order chi connectivity index (χ1) is 16.6. The highest BCUT2D eigenvalue weighted by Crippen LogP contribution is 2.32. The third kappa shape index (κ3) is 4.45. The zero-order chi connectivity index (χ0) is 23.5. The number of aryl methyl sites for hydroxylation is 1. The van der Waals surface area contributed by atoms with Gasteiger partial charge in [0.05, 0.1) is 0 Å². The second kappa shape index (κ2) is 9.53. The van der Waals surface area contributed by atoms with Crippen molar-refractivity contribution in [3.8, 4) is 0 Å². The lowest BCUT2D eigenvalue weighted by atomic mass is 10.1. The summed E-state index contributed by atoms with van der Waals surface area (Å²) in [4.78, 5) is 30.7. The van der Waals surface area contributed by atoms with Gasteiger partial charge in [0.2, 0.25) is 5.76 Å². The quantitative estimate of drug-likeness (QED) is 0.464. The molecule has 1 aliphatic rings. The van der Waals surface area contributed by atoms with Crippen LogP contribution in [-0.4, -0.2) is 47.8 Å². The van der Waals surface area contributed by atoms with Crippen molar-refractivity contribution in [3.05, 3.63) is 101 Å². The number of furan rings is 1. The molecule has 0 radical (unpaired) electrons. The number of amides is 2. The zero-order valence-electron chi connectivity index (χ0n) is 19.2. The average Bonchev–Trinajstić information content (AvgIpc) is 3.23. The predicted molar refractivity (Wildman–Crippen MR) is 133 cm³/mol. The fourth-order valence-electron chi connectivity index (χ4n) is 4.42. The Morgan fingerprint density at radius 2 is 1.53 bits per heavy atom. The van der Waals surface area contributed by atoms with E-state index in [2.05, 4.69) is 22.3 Å². The lowest BCUT2D eigenvalue weighted by Crippen LogP contribution is -2.48. The van der Waals surface area contributed by atoms with Crippen LogP contribution in [0.4, 0.5) is 5.69 Å². The Hall–Kier alpha value is -3.90. The van der Waals surface area contributed by atoms with Crippen LogP contribution in [0.1, 0.15) is 32.0 Å². The molecule has 2 heterocycles. The minimum atomic E-state index is -0.258. The van der Waals surface area contributed by atoms with E-state index in [1.165, 1.54) is 5.56 Å². The summed E-state index contributed by atoms with van der Waals surface area (Å²) < 4.78 is 5.98. The molecule has 1 aliphatic heterocycles. The van der Waals surface area contributed by atoms with E-state index in [1.54, 1.807) is 6.07 Å². The van der Waals surface area contributed by atoms with Crippen molar-refractivity contribution in [1.29, 1.82) is 0 Å². The third-order valence-corrected chi connectivity index (χ3v) is 6.33. The number of fused-ring (bicyclic) bond motifs is 1. The third-order valence-electron chi connectivity index (χ3n) is 6.33. The molecule has 5 rings (SSSR count). The fourth-order valence-corrected chi connectivity index (χ4v) is 4.42. The maximum absolute atomic E-state index is 13.5. The number of para-hydroxylation sites is 1. The van der Waals surface area contributed by atoms with E-state index in [4.69, 9.17) is 4.42 Å². The molecule has 6 nitrogen and oxygen atoms in total. The molecule has 34 heavy (non-hydrogen) atoms. The van der Waals surface area contributed by atoms with Crippen molar-refractivity contribution < 1.29 is 14.0 Å². The van der Waals surface area contributed by atoms with Crippen LogP contribution in [0.25, 0.3) is 11.0 Å². The smallest absolute Gasteiger partial charge is 0.291 e. The van der Waals surface area contributed by atoms with Crippen LogP contribution in [0.5, 0.6) is 0 Å². The molecule has 1 N–H and O–H groups in total. The summed E-state index contributed by atoms with van der Waals surface area (Å²) in [6, 6.07) is 25.1. The largest absolute Gasteiger partial charge is 0.449 e. The number of carbonyl (C=O) groups excluding carboxylic acids is 2. The molecule has 1 saturated heterocycles. The molecule has 4 aromatic rings. The number of benzene rings is 3. The Balaban J connectivity index is 1.36. The van der Waals surface area contributed by atoms with Gasteiger partial charge in [0.15, 0.2) is 0 Å². The molecule has 1 fully saturated rings. The van der Waals surface area contributed by atoms with Gasteiger partial charge in [0.1, 0.15) is 11.3 Å². The molecule has 6 heteroatoms. The van der Waals surface area contributed by atoms with Crippen molar-refractivity contribution in [2.75, 3.05) is 31.5 Å². The number of carbonyl (C=O) groups is 2. The van der Waals surface area contributed by atoms with Crippen LogP contribution in [0.15, 0.2) is 83.3 Å². The van der Waals surface area contributed by atoms with Crippen LogP contribution < -0.4 is 5.32 Å². The molecule has 172 valence electrons. The predicted octanol–water partition coefficient (Wildman–Crippen LogP) is 4.95. The standard InChI is InChI=1S/C28H27N3O3/c1-20-9-5-6-12-22(20)27(32)29-25-23-13-7-8-14-24(23)34-26(25)28(33)31-17-15-30(16-18-31)19-21-10-3-2-4-11-21/h2-14H,15-19H2,1H3,(H,29,32). The maximum Gasteiger partial charge on any atom is 0.291 e. The van der Waals surface area contributed by atoms with Gasteiger partial charge in [0, 0.05) is 43.7 Å². The summed E-state index contributed by atoms with van der Waals surface area (Å²) in [5.41, 5.74) is 3.71. The normalized spacial score (nSPS) is 14.3. The molecule has 0 spiro atoms. The minimum absolute atomic E-state index is 0.180. The topological polar surface area (TPSA) is 65.8 Å². The molecule has 1 aromatic heterocycles. The number of piperazine rings is 1. The lowest BCUT2D eigenvalue weighted by molar-refractivity contribution is 0.0601. The van der Waals surface area contributed by atoms with Gasteiger partial charge in [-0.15, -0.1) is 0 Å². The van der Waals surface area contributed by atoms with Crippen molar-refractivity contribution in [3.63, 3.8) is 0 Å². The zero-order valence-corrected chi connectivity index (χ0v) is 19.2. The Labute approximate surface area is 198 Å². The monoisotopic (exact) mass is 453 g/mol. The average molecular weight is 454 g/mol. The SMILES string of the molecule is Cc1ccccc1C(=O)Nc1c(C(=O)N2CCN(Cc3ccccc3)CC2)oc2ccccc12. The summed E-state index contributed by atoms with van der Waals surface area (Å²) in [5.74, 6) is -0.276. The van der Waals surface area contributed by atoms with Gasteiger partial charge in [-0.1, -0.05) is 60.7 Å². The second-order valence-corrected chi connectivity index (χ2v) is 8.63. The van der Waals surface area contributed by atoms with E-state index in [0.717, 1.165) is 30.6 Å². The van der Waals surface area contributed by atoms with E-state index >= 15 is 0 Å². The molecular weight excluding hydrogens is 426 g/mol. The van der Waals surface area contributed by atoms with Gasteiger partial charge in [-0.3, -0.25) is 14.5 Å². The van der Waals surface area contributed by atoms with Crippen LogP contribution in [-0.2, 0) is 6.54 Å². The van der Waals surface area contributed by atoms with Crippen LogP contribution in [0.3, 0.4) is 0 Å². The Morgan fingerprint density at radius 3 is 2.29 bits per heavy atom. The van der Waals surface area contributed by atoms with Crippen molar-refractivity contribution in [1.82, 2.24) is 9.80 Å². The molecule has 0 atom stereocenters. The summed E-state index contributed by atoms with van der Waals surface area (Å²) in [6.45, 7) is 5.54. The molecule has 3 aromatic carbocycles. The van der Waals surface area contributed by atoms with Gasteiger partial charge in [-0.05, 0) is 36.2 Å². The summed E-state index contributed by atoms with van der Waals surface area (Å²) in [6.07, 6.45) is 0. The van der Waals surface area contributed by atoms with Crippen molar-refractivity contribution in [2.45, 2.75) is 13.5 Å². The van der Waals surface area contributed by atoms with Gasteiger partial charge in [0.25, 0.3) is 11.8 Å². The van der Waals surface area contributed by atoms with Crippen molar-refractivity contribution >= 4 is 28.5 Å². The van der Waals surface area contributed by atoms with E-state index in [0.29, 0.717) is 29.9 Å². The molecule has 2 amide bonds. The molecular formula is C28H27N3O3. The second-order valence-electron chi connectivity index (χ2n) is 8.63. The fraction of sp³-hybridized carbons (Fsp3) is 0.214. The Bertz CT molecular complexity index is 1320. The minimum Gasteiger partial charge on any atom is -0.449 e. The Kier molecular flexibility index (Phi) is 6.14. The molecule has 0 aliphatic carbocycles. The lowest BCUT2D eigenvalue weighted by Gasteiger charge is -2.34. The molecule has 0 saturated carbocycles. The molecule has 0 unspecified atom stereocenters. The van der Waals surface area contributed by atoms with E-state index in [-0.39, 0.29) is 17.6 Å². The first-order valence-corrected chi connectivity index (χ1v) is 11.5. The van der Waals surface area contributed by atoms with Gasteiger partial charge in [-0.2, -0.15) is 0 Å². The van der Waals surface area contributed by atoms with Gasteiger partial charge < -0.3 is 14.6 Å². The number of anilines is 1. The van der Waals surface area contributed by atoms with Crippen LogP contribution in [0, 0.1) is 6.92 Å². The summed E-state index contributed by atoms with van der Waals surface area (Å²) in [7, 11) is 0. The number of hydrogen-bond acceptors (Lipinski definition) is 4. The molecule has 0 bridgehead atoms. The highest BCUT2D eigenvalue weighted by Gasteiger charge is 2.29. The number of nitrogens with one attached hydrogen (secondary N) is 1. The van der Waals surface area contributed by atoms with Crippen LogP contribution >= 0.6 is 0 Å². The van der Waals surface area contributed by atoms with E-state index in [1.807, 2.05) is 72.5 Å². The first kappa shape index (κ1) is 21.9. The summed E-state index contributed by atoms with van der Waals surface area (Å²) in [5, 5.41) is 3.68. The summed E-state index contributed by atoms with van der Waals surface area (Å²) >= 11 is 0. The number of nitrogens with zero attached hydrogens (tertiary/aromatic N) is 2. The van der Waals surface area contributed by atoms with Crippen LogP contribution in [0.2, 0.25) is 0 Å². The van der Waals surface area contributed by atoms with Gasteiger partial charge in [-0.25, -0.2) is 0 Å². The van der Waals surface area contributed by atoms with Crippen molar-refractivity contribution in [2.24, 2.45) is 0 Å². The first-order valence-electron chi connectivity index (χ1n) is 11.5.